The van der Waals surface area contributed by atoms with Crippen LogP contribution in [0.25, 0.3) is 0 Å². The second-order valence-electron chi connectivity index (χ2n) is 8.61. The molecule has 0 bridgehead atoms. The number of hydrogen-bond donors (Lipinski definition) is 1. The number of carbonyl (C=O) groups excluding carboxylic acids is 2. The molecule has 2 aromatic carbocycles. The Balaban J connectivity index is 1.81. The number of nitrogens with zero attached hydrogens (tertiary/aromatic N) is 3. The smallest absolute Gasteiger partial charge is 0.279 e. The zero-order chi connectivity index (χ0) is 25.5. The molecule has 4 rings (SSSR count). The lowest BCUT2D eigenvalue weighted by molar-refractivity contribution is -0.123. The first-order chi connectivity index (χ1) is 17.5. The van der Waals surface area contributed by atoms with Gasteiger partial charge in [0, 0.05) is 24.1 Å². The van der Waals surface area contributed by atoms with Crippen molar-refractivity contribution in [3.8, 4) is 5.75 Å². The van der Waals surface area contributed by atoms with Gasteiger partial charge in [0.25, 0.3) is 5.91 Å². The Morgan fingerprint density at radius 1 is 1.14 bits per heavy atom. The summed E-state index contributed by atoms with van der Waals surface area (Å²) in [7, 11) is 0. The number of amides is 2. The van der Waals surface area contributed by atoms with E-state index in [2.05, 4.69) is 15.3 Å². The first-order valence-corrected chi connectivity index (χ1v) is 12.4. The van der Waals surface area contributed by atoms with E-state index in [1.807, 2.05) is 6.92 Å². The van der Waals surface area contributed by atoms with Gasteiger partial charge >= 0.3 is 0 Å². The first-order valence-electron chi connectivity index (χ1n) is 12.1. The van der Waals surface area contributed by atoms with Gasteiger partial charge in [-0.3, -0.25) is 19.5 Å². The Kier molecular flexibility index (Phi) is 8.48. The van der Waals surface area contributed by atoms with Crippen molar-refractivity contribution in [3.05, 3.63) is 83.2 Å². The summed E-state index contributed by atoms with van der Waals surface area (Å²) in [5.74, 6) is -0.895. The largest absolute Gasteiger partial charge is 0.494 e. The molecule has 1 saturated carbocycles. The topological polar surface area (TPSA) is 84.4 Å². The van der Waals surface area contributed by atoms with Gasteiger partial charge in [0.05, 0.1) is 17.8 Å². The van der Waals surface area contributed by atoms with E-state index in [1.165, 1.54) is 41.7 Å². The molecule has 0 saturated heterocycles. The van der Waals surface area contributed by atoms with Crippen LogP contribution in [-0.2, 0) is 4.79 Å². The molecule has 0 unspecified atom stereocenters. The van der Waals surface area contributed by atoms with Crippen LogP contribution < -0.4 is 15.0 Å². The van der Waals surface area contributed by atoms with Crippen molar-refractivity contribution >= 4 is 29.1 Å². The van der Waals surface area contributed by atoms with Crippen molar-refractivity contribution < 1.29 is 18.7 Å². The molecule has 1 fully saturated rings. The molecule has 1 N–H and O–H groups in total. The van der Waals surface area contributed by atoms with E-state index < -0.39 is 17.8 Å². The lowest BCUT2D eigenvalue weighted by Gasteiger charge is -2.33. The summed E-state index contributed by atoms with van der Waals surface area (Å²) in [4.78, 5) is 37.1. The Labute approximate surface area is 214 Å². The molecule has 7 nitrogen and oxygen atoms in total. The number of nitrogens with one attached hydrogen (secondary N) is 1. The number of anilines is 1. The number of rotatable bonds is 8. The molecule has 9 heteroatoms. The van der Waals surface area contributed by atoms with Crippen LogP contribution >= 0.6 is 11.6 Å². The van der Waals surface area contributed by atoms with Gasteiger partial charge in [-0.2, -0.15) is 0 Å². The monoisotopic (exact) mass is 510 g/mol. The Hall–Kier alpha value is -3.52. The third-order valence-corrected chi connectivity index (χ3v) is 6.44. The predicted octanol–water partition coefficient (Wildman–Crippen LogP) is 5.50. The molecule has 3 aromatic rings. The van der Waals surface area contributed by atoms with Crippen molar-refractivity contribution in [1.29, 1.82) is 0 Å². The van der Waals surface area contributed by atoms with E-state index in [1.54, 1.807) is 24.3 Å². The average molecular weight is 511 g/mol. The minimum absolute atomic E-state index is 0.0155. The Bertz CT molecular complexity index is 1190. The molecule has 0 radical (unpaired) electrons. The molecule has 1 aliphatic carbocycles. The van der Waals surface area contributed by atoms with Gasteiger partial charge in [-0.05, 0) is 55.7 Å². The molecule has 0 aliphatic heterocycles. The predicted molar refractivity (Wildman–Crippen MR) is 136 cm³/mol. The van der Waals surface area contributed by atoms with Crippen LogP contribution in [0.3, 0.4) is 0 Å². The zero-order valence-electron chi connectivity index (χ0n) is 20.0. The van der Waals surface area contributed by atoms with Gasteiger partial charge in [0.15, 0.2) is 0 Å². The van der Waals surface area contributed by atoms with Crippen molar-refractivity contribution in [2.75, 3.05) is 11.5 Å². The number of halogens is 2. The standard InChI is InChI=1S/C27H28ClFN4O3/c1-2-36-21-11-8-18(9-12-21)25(26(34)32-19-6-4-3-5-7-19)33(20-10-13-23(29)22(28)16-20)27(35)24-17-30-14-15-31-24/h8-17,19,25H,2-7H2,1H3,(H,32,34)/t25-/m1/s1. The van der Waals surface area contributed by atoms with E-state index in [9.17, 15) is 14.0 Å². The van der Waals surface area contributed by atoms with E-state index in [0.29, 0.717) is 17.9 Å². The van der Waals surface area contributed by atoms with Crippen LogP contribution in [0.5, 0.6) is 5.75 Å². The normalized spacial score (nSPS) is 14.6. The molecule has 1 aromatic heterocycles. The van der Waals surface area contributed by atoms with Gasteiger partial charge in [-0.1, -0.05) is 43.0 Å². The van der Waals surface area contributed by atoms with Crippen LogP contribution in [0.2, 0.25) is 5.02 Å². The zero-order valence-corrected chi connectivity index (χ0v) is 20.7. The maximum absolute atomic E-state index is 14.0. The molecule has 1 aliphatic rings. The van der Waals surface area contributed by atoms with Crippen LogP contribution in [0.1, 0.15) is 61.1 Å². The Morgan fingerprint density at radius 3 is 2.53 bits per heavy atom. The Morgan fingerprint density at radius 2 is 1.89 bits per heavy atom. The summed E-state index contributed by atoms with van der Waals surface area (Å²) in [6.45, 7) is 2.38. The highest BCUT2D eigenvalue weighted by atomic mass is 35.5. The van der Waals surface area contributed by atoms with Gasteiger partial charge in [-0.25, -0.2) is 9.37 Å². The lowest BCUT2D eigenvalue weighted by Crippen LogP contribution is -2.47. The second kappa shape index (κ2) is 11.9. The molecule has 36 heavy (non-hydrogen) atoms. The fraction of sp³-hybridized carbons (Fsp3) is 0.333. The first kappa shape index (κ1) is 25.6. The van der Waals surface area contributed by atoms with Gasteiger partial charge in [0.2, 0.25) is 5.91 Å². The summed E-state index contributed by atoms with van der Waals surface area (Å²) < 4.78 is 19.6. The maximum atomic E-state index is 14.0. The lowest BCUT2D eigenvalue weighted by atomic mass is 9.94. The van der Waals surface area contributed by atoms with Gasteiger partial charge in [-0.15, -0.1) is 0 Å². The van der Waals surface area contributed by atoms with E-state index in [-0.39, 0.29) is 28.4 Å². The summed E-state index contributed by atoms with van der Waals surface area (Å²) in [6, 6.07) is 9.87. The van der Waals surface area contributed by atoms with Crippen LogP contribution in [0, 0.1) is 5.82 Å². The molecule has 1 atom stereocenters. The number of hydrogen-bond acceptors (Lipinski definition) is 5. The third-order valence-electron chi connectivity index (χ3n) is 6.15. The highest BCUT2D eigenvalue weighted by Crippen LogP contribution is 2.33. The van der Waals surface area contributed by atoms with Gasteiger partial charge in [0.1, 0.15) is 23.3 Å². The summed E-state index contributed by atoms with van der Waals surface area (Å²) in [5, 5.41) is 2.97. The van der Waals surface area contributed by atoms with E-state index in [4.69, 9.17) is 16.3 Å². The minimum atomic E-state index is -1.07. The van der Waals surface area contributed by atoms with Gasteiger partial charge < -0.3 is 10.1 Å². The van der Waals surface area contributed by atoms with E-state index >= 15 is 0 Å². The fourth-order valence-corrected chi connectivity index (χ4v) is 4.58. The van der Waals surface area contributed by atoms with Crippen molar-refractivity contribution in [1.82, 2.24) is 15.3 Å². The maximum Gasteiger partial charge on any atom is 0.279 e. The molecular weight excluding hydrogens is 483 g/mol. The van der Waals surface area contributed by atoms with Crippen LogP contribution in [-0.4, -0.2) is 34.4 Å². The average Bonchev–Trinajstić information content (AvgIpc) is 2.90. The second-order valence-corrected chi connectivity index (χ2v) is 9.02. The van der Waals surface area contributed by atoms with Crippen molar-refractivity contribution in [3.63, 3.8) is 0 Å². The van der Waals surface area contributed by atoms with E-state index in [0.717, 1.165) is 32.1 Å². The molecule has 188 valence electrons. The van der Waals surface area contributed by atoms with Crippen LogP contribution in [0.15, 0.2) is 61.1 Å². The molecule has 0 spiro atoms. The summed E-state index contributed by atoms with van der Waals surface area (Å²) in [6.07, 6.45) is 9.15. The fourth-order valence-electron chi connectivity index (χ4n) is 4.41. The van der Waals surface area contributed by atoms with Crippen molar-refractivity contribution in [2.45, 2.75) is 51.1 Å². The third kappa shape index (κ3) is 5.99. The highest BCUT2D eigenvalue weighted by Gasteiger charge is 2.35. The quantitative estimate of drug-likeness (QED) is 0.432. The number of aromatic nitrogens is 2. The highest BCUT2D eigenvalue weighted by molar-refractivity contribution is 6.31. The molecule has 1 heterocycles. The summed E-state index contributed by atoms with van der Waals surface area (Å²) in [5.41, 5.74) is 0.860. The molecule has 2 amide bonds. The number of ether oxygens (including phenoxy) is 1. The summed E-state index contributed by atoms with van der Waals surface area (Å²) >= 11 is 6.09. The minimum Gasteiger partial charge on any atom is -0.494 e. The van der Waals surface area contributed by atoms with Crippen LogP contribution in [0.4, 0.5) is 10.1 Å². The number of benzene rings is 2. The number of carbonyl (C=O) groups is 2. The van der Waals surface area contributed by atoms with Crippen molar-refractivity contribution in [2.24, 2.45) is 0 Å². The SMILES string of the molecule is CCOc1ccc([C@H](C(=O)NC2CCCCC2)N(C(=O)c2cnccn2)c2ccc(F)c(Cl)c2)cc1. The molecular formula is C27H28ClFN4O3.